The first-order chi connectivity index (χ1) is 8.22. The van der Waals surface area contributed by atoms with Gasteiger partial charge in [-0.05, 0) is 18.1 Å². The number of amides is 1. The smallest absolute Gasteiger partial charge is 0.410 e. The highest BCUT2D eigenvalue weighted by molar-refractivity contribution is 5.68. The molecule has 1 heterocycles. The molecule has 0 aromatic heterocycles. The van der Waals surface area contributed by atoms with Crippen molar-refractivity contribution in [3.8, 4) is 0 Å². The van der Waals surface area contributed by atoms with Crippen LogP contribution in [0.4, 0.5) is 4.79 Å². The Morgan fingerprint density at radius 3 is 2.88 bits per heavy atom. The number of cyclic esters (lactones) is 1. The van der Waals surface area contributed by atoms with E-state index in [4.69, 9.17) is 10.5 Å². The van der Waals surface area contributed by atoms with Crippen molar-refractivity contribution in [2.75, 3.05) is 19.6 Å². The summed E-state index contributed by atoms with van der Waals surface area (Å²) in [6.07, 6.45) is 0.462. The predicted octanol–water partition coefficient (Wildman–Crippen LogP) is 1.84. The number of benzene rings is 1. The third-order valence-electron chi connectivity index (χ3n) is 3.10. The molecule has 1 aliphatic rings. The quantitative estimate of drug-likeness (QED) is 0.868. The zero-order valence-electron chi connectivity index (χ0n) is 10.1. The van der Waals surface area contributed by atoms with Crippen molar-refractivity contribution in [3.63, 3.8) is 0 Å². The van der Waals surface area contributed by atoms with E-state index in [0.29, 0.717) is 13.1 Å². The molecule has 4 heteroatoms. The lowest BCUT2D eigenvalue weighted by atomic mass is 10.0. The Balaban J connectivity index is 2.07. The van der Waals surface area contributed by atoms with E-state index in [2.05, 4.69) is 0 Å². The van der Waals surface area contributed by atoms with Gasteiger partial charge in [-0.3, -0.25) is 0 Å². The van der Waals surface area contributed by atoms with Gasteiger partial charge >= 0.3 is 6.09 Å². The van der Waals surface area contributed by atoms with E-state index < -0.39 is 0 Å². The highest BCUT2D eigenvalue weighted by Crippen LogP contribution is 2.28. The number of carbonyl (C=O) groups excluding carboxylic acids is 1. The minimum absolute atomic E-state index is 0.113. The summed E-state index contributed by atoms with van der Waals surface area (Å²) in [5, 5.41) is 0. The van der Waals surface area contributed by atoms with Crippen LogP contribution in [0.3, 0.4) is 0 Å². The highest BCUT2D eigenvalue weighted by atomic mass is 16.6. The lowest BCUT2D eigenvalue weighted by Crippen LogP contribution is -2.41. The van der Waals surface area contributed by atoms with Crippen molar-refractivity contribution in [1.82, 2.24) is 4.90 Å². The fourth-order valence-corrected chi connectivity index (χ4v) is 2.15. The first-order valence-corrected chi connectivity index (χ1v) is 5.93. The van der Waals surface area contributed by atoms with Crippen LogP contribution in [-0.4, -0.2) is 30.6 Å². The number of hydrogen-bond donors (Lipinski definition) is 1. The zero-order chi connectivity index (χ0) is 12.3. The first kappa shape index (κ1) is 11.9. The van der Waals surface area contributed by atoms with E-state index >= 15 is 0 Å². The molecule has 92 valence electrons. The van der Waals surface area contributed by atoms with Gasteiger partial charge in [-0.1, -0.05) is 24.3 Å². The van der Waals surface area contributed by atoms with E-state index in [9.17, 15) is 4.79 Å². The number of aryl methyl sites for hydroxylation is 1. The molecule has 0 aliphatic carbocycles. The maximum Gasteiger partial charge on any atom is 0.410 e. The molecule has 1 fully saturated rings. The van der Waals surface area contributed by atoms with Gasteiger partial charge in [0.1, 0.15) is 6.10 Å². The van der Waals surface area contributed by atoms with Crippen molar-refractivity contribution >= 4 is 6.09 Å². The number of carbonyl (C=O) groups is 1. The summed E-state index contributed by atoms with van der Waals surface area (Å²) < 4.78 is 5.45. The molecule has 1 aromatic carbocycles. The van der Waals surface area contributed by atoms with Crippen LogP contribution in [0.2, 0.25) is 0 Å². The molecule has 2 rings (SSSR count). The fraction of sp³-hybridized carbons (Fsp3) is 0.462. The Hall–Kier alpha value is -1.55. The van der Waals surface area contributed by atoms with Gasteiger partial charge in [-0.2, -0.15) is 0 Å². The standard InChI is InChI=1S/C13H18N2O2/c1-10-4-2-3-5-11(10)12-6-8-15(9-7-14)13(16)17-12/h2-5,12H,6-9,14H2,1H3. The zero-order valence-corrected chi connectivity index (χ0v) is 10.1. The molecule has 1 unspecified atom stereocenters. The van der Waals surface area contributed by atoms with Crippen LogP contribution in [-0.2, 0) is 4.74 Å². The predicted molar refractivity (Wildman–Crippen MR) is 65.6 cm³/mol. The van der Waals surface area contributed by atoms with Gasteiger partial charge in [0.25, 0.3) is 0 Å². The van der Waals surface area contributed by atoms with Crippen LogP contribution >= 0.6 is 0 Å². The maximum absolute atomic E-state index is 11.7. The molecule has 1 aromatic rings. The SMILES string of the molecule is Cc1ccccc1C1CCN(CCN)C(=O)O1. The summed E-state index contributed by atoms with van der Waals surface area (Å²) in [6.45, 7) is 3.80. The Labute approximate surface area is 101 Å². The van der Waals surface area contributed by atoms with Crippen molar-refractivity contribution < 1.29 is 9.53 Å². The average Bonchev–Trinajstić information content (AvgIpc) is 2.33. The Bertz CT molecular complexity index is 406. The van der Waals surface area contributed by atoms with Crippen LogP contribution < -0.4 is 5.73 Å². The molecular formula is C13H18N2O2. The molecule has 0 bridgehead atoms. The van der Waals surface area contributed by atoms with Crippen molar-refractivity contribution in [2.45, 2.75) is 19.4 Å². The molecule has 0 radical (unpaired) electrons. The fourth-order valence-electron chi connectivity index (χ4n) is 2.15. The number of ether oxygens (including phenoxy) is 1. The lowest BCUT2D eigenvalue weighted by Gasteiger charge is -2.32. The third-order valence-corrected chi connectivity index (χ3v) is 3.10. The molecule has 1 amide bonds. The van der Waals surface area contributed by atoms with Crippen LogP contribution in [0.25, 0.3) is 0 Å². The molecule has 0 spiro atoms. The van der Waals surface area contributed by atoms with Crippen LogP contribution in [0.1, 0.15) is 23.7 Å². The molecule has 1 atom stereocenters. The van der Waals surface area contributed by atoms with Crippen LogP contribution in [0.15, 0.2) is 24.3 Å². The number of hydrogen-bond acceptors (Lipinski definition) is 3. The maximum atomic E-state index is 11.7. The van der Waals surface area contributed by atoms with Crippen molar-refractivity contribution in [1.29, 1.82) is 0 Å². The second kappa shape index (κ2) is 5.19. The summed E-state index contributed by atoms with van der Waals surface area (Å²) >= 11 is 0. The monoisotopic (exact) mass is 234 g/mol. The third kappa shape index (κ3) is 2.58. The molecule has 17 heavy (non-hydrogen) atoms. The Morgan fingerprint density at radius 1 is 1.47 bits per heavy atom. The summed E-state index contributed by atoms with van der Waals surface area (Å²) in [5.41, 5.74) is 7.71. The molecule has 4 nitrogen and oxygen atoms in total. The number of nitrogens with two attached hydrogens (primary N) is 1. The van der Waals surface area contributed by atoms with Crippen LogP contribution in [0.5, 0.6) is 0 Å². The van der Waals surface area contributed by atoms with Crippen molar-refractivity contribution in [2.24, 2.45) is 5.73 Å². The molecule has 1 saturated heterocycles. The summed E-state index contributed by atoms with van der Waals surface area (Å²) in [4.78, 5) is 13.4. The Morgan fingerprint density at radius 2 is 2.24 bits per heavy atom. The van der Waals surface area contributed by atoms with E-state index in [1.165, 1.54) is 0 Å². The van der Waals surface area contributed by atoms with E-state index in [0.717, 1.165) is 24.1 Å². The van der Waals surface area contributed by atoms with E-state index in [-0.39, 0.29) is 12.2 Å². The first-order valence-electron chi connectivity index (χ1n) is 5.93. The molecular weight excluding hydrogens is 216 g/mol. The van der Waals surface area contributed by atoms with Gasteiger partial charge in [0, 0.05) is 26.1 Å². The normalized spacial score (nSPS) is 20.2. The van der Waals surface area contributed by atoms with Gasteiger partial charge in [0.05, 0.1) is 0 Å². The summed E-state index contributed by atoms with van der Waals surface area (Å²) in [5.74, 6) is 0. The molecule has 2 N–H and O–H groups in total. The largest absolute Gasteiger partial charge is 0.441 e. The topological polar surface area (TPSA) is 55.6 Å². The molecule has 1 aliphatic heterocycles. The second-order valence-electron chi connectivity index (χ2n) is 4.29. The second-order valence-corrected chi connectivity index (χ2v) is 4.29. The van der Waals surface area contributed by atoms with Crippen molar-refractivity contribution in [3.05, 3.63) is 35.4 Å². The summed E-state index contributed by atoms with van der Waals surface area (Å²) in [6, 6.07) is 8.02. The van der Waals surface area contributed by atoms with Gasteiger partial charge < -0.3 is 15.4 Å². The minimum Gasteiger partial charge on any atom is -0.441 e. The number of rotatable bonds is 3. The van der Waals surface area contributed by atoms with Crippen LogP contribution in [0, 0.1) is 6.92 Å². The van der Waals surface area contributed by atoms with Gasteiger partial charge in [-0.25, -0.2) is 4.79 Å². The van der Waals surface area contributed by atoms with E-state index in [1.807, 2.05) is 31.2 Å². The van der Waals surface area contributed by atoms with Gasteiger partial charge in [0.2, 0.25) is 0 Å². The minimum atomic E-state index is -0.255. The van der Waals surface area contributed by atoms with Gasteiger partial charge in [0.15, 0.2) is 0 Å². The number of nitrogens with zero attached hydrogens (tertiary/aromatic N) is 1. The highest BCUT2D eigenvalue weighted by Gasteiger charge is 2.28. The Kier molecular flexibility index (Phi) is 3.64. The average molecular weight is 234 g/mol. The summed E-state index contributed by atoms with van der Waals surface area (Å²) in [7, 11) is 0. The van der Waals surface area contributed by atoms with E-state index in [1.54, 1.807) is 4.90 Å². The molecule has 0 saturated carbocycles. The lowest BCUT2D eigenvalue weighted by molar-refractivity contribution is 0.0250. The van der Waals surface area contributed by atoms with Gasteiger partial charge in [-0.15, -0.1) is 0 Å².